The molecule has 2 amide bonds. The predicted molar refractivity (Wildman–Crippen MR) is 84.2 cm³/mol. The van der Waals surface area contributed by atoms with Crippen molar-refractivity contribution in [1.29, 1.82) is 0 Å². The summed E-state index contributed by atoms with van der Waals surface area (Å²) in [5.74, 6) is -0.0335. The minimum absolute atomic E-state index is 0.0127. The molecule has 3 N–H and O–H groups in total. The molecule has 1 atom stereocenters. The third-order valence-electron chi connectivity index (χ3n) is 4.67. The summed E-state index contributed by atoms with van der Waals surface area (Å²) in [6, 6.07) is 8.12. The highest BCUT2D eigenvalue weighted by atomic mass is 16.2. The molecule has 118 valence electrons. The Morgan fingerprint density at radius 3 is 2.50 bits per heavy atom. The topological polar surface area (TPSA) is 75.4 Å². The van der Waals surface area contributed by atoms with E-state index in [4.69, 9.17) is 5.73 Å². The van der Waals surface area contributed by atoms with Crippen LogP contribution >= 0.6 is 0 Å². The Labute approximate surface area is 130 Å². The van der Waals surface area contributed by atoms with Gasteiger partial charge < -0.3 is 16.0 Å². The number of nitrogens with two attached hydrogens (primary N) is 1. The minimum atomic E-state index is -0.832. The molecule has 0 saturated carbocycles. The normalized spacial score (nSPS) is 23.0. The predicted octanol–water partition coefficient (Wildman–Crippen LogP) is 0.610. The van der Waals surface area contributed by atoms with Gasteiger partial charge in [0.15, 0.2) is 0 Å². The molecule has 1 aliphatic carbocycles. The van der Waals surface area contributed by atoms with Crippen LogP contribution in [-0.2, 0) is 22.4 Å². The molecule has 1 fully saturated rings. The molecule has 1 aromatic rings. The molecule has 1 unspecified atom stereocenters. The van der Waals surface area contributed by atoms with Crippen LogP contribution in [0.25, 0.3) is 0 Å². The van der Waals surface area contributed by atoms with Crippen LogP contribution in [-0.4, -0.2) is 41.4 Å². The van der Waals surface area contributed by atoms with Crippen LogP contribution < -0.4 is 11.1 Å². The number of rotatable bonds is 2. The molecule has 0 aromatic heterocycles. The van der Waals surface area contributed by atoms with E-state index in [2.05, 4.69) is 5.32 Å². The Morgan fingerprint density at radius 2 is 1.91 bits per heavy atom. The second kappa shape index (κ2) is 5.72. The average molecular weight is 301 g/mol. The second-order valence-corrected chi connectivity index (χ2v) is 6.57. The van der Waals surface area contributed by atoms with E-state index in [-0.39, 0.29) is 17.9 Å². The van der Waals surface area contributed by atoms with Crippen molar-refractivity contribution in [2.45, 2.75) is 44.2 Å². The highest BCUT2D eigenvalue weighted by molar-refractivity contribution is 5.88. The van der Waals surface area contributed by atoms with Crippen molar-refractivity contribution in [3.05, 3.63) is 35.4 Å². The van der Waals surface area contributed by atoms with Crippen LogP contribution in [0.2, 0.25) is 0 Å². The Kier molecular flexibility index (Phi) is 3.91. The molecule has 2 aliphatic rings. The molecule has 3 rings (SSSR count). The highest BCUT2D eigenvalue weighted by Gasteiger charge is 2.43. The van der Waals surface area contributed by atoms with Gasteiger partial charge in [0.2, 0.25) is 11.8 Å². The van der Waals surface area contributed by atoms with Crippen molar-refractivity contribution >= 4 is 11.8 Å². The fourth-order valence-corrected chi connectivity index (χ4v) is 3.68. The number of benzene rings is 1. The SMILES string of the molecule is CC(=O)NC1CCCN(C(=O)C2(N)Cc3ccccc3C2)C1. The Balaban J connectivity index is 1.70. The second-order valence-electron chi connectivity index (χ2n) is 6.57. The first-order valence-corrected chi connectivity index (χ1v) is 7.90. The molecule has 22 heavy (non-hydrogen) atoms. The van der Waals surface area contributed by atoms with Crippen LogP contribution in [0.15, 0.2) is 24.3 Å². The Hall–Kier alpha value is -1.88. The number of likely N-dealkylation sites (tertiary alicyclic amines) is 1. The van der Waals surface area contributed by atoms with Gasteiger partial charge in [0.1, 0.15) is 5.54 Å². The van der Waals surface area contributed by atoms with Crippen molar-refractivity contribution in [2.24, 2.45) is 5.73 Å². The van der Waals surface area contributed by atoms with Gasteiger partial charge in [0.25, 0.3) is 0 Å². The molecule has 1 aliphatic heterocycles. The van der Waals surface area contributed by atoms with Crippen molar-refractivity contribution in [3.8, 4) is 0 Å². The van der Waals surface area contributed by atoms with Crippen LogP contribution in [0.3, 0.4) is 0 Å². The Morgan fingerprint density at radius 1 is 1.27 bits per heavy atom. The van der Waals surface area contributed by atoms with Crippen LogP contribution in [0.4, 0.5) is 0 Å². The van der Waals surface area contributed by atoms with Crippen LogP contribution in [0.1, 0.15) is 30.9 Å². The lowest BCUT2D eigenvalue weighted by Crippen LogP contribution is -2.60. The zero-order valence-corrected chi connectivity index (χ0v) is 13.0. The van der Waals surface area contributed by atoms with Gasteiger partial charge in [-0.15, -0.1) is 0 Å². The summed E-state index contributed by atoms with van der Waals surface area (Å²) in [5.41, 5.74) is 7.97. The maximum Gasteiger partial charge on any atom is 0.243 e. The van der Waals surface area contributed by atoms with Gasteiger partial charge in [-0.05, 0) is 36.8 Å². The summed E-state index contributed by atoms with van der Waals surface area (Å²) in [6.07, 6.45) is 3.02. The number of hydrogen-bond donors (Lipinski definition) is 2. The van der Waals surface area contributed by atoms with Crippen molar-refractivity contribution in [2.75, 3.05) is 13.1 Å². The van der Waals surface area contributed by atoms with E-state index in [1.165, 1.54) is 18.1 Å². The van der Waals surface area contributed by atoms with Gasteiger partial charge in [-0.3, -0.25) is 9.59 Å². The maximum atomic E-state index is 12.9. The largest absolute Gasteiger partial charge is 0.352 e. The molecule has 0 radical (unpaired) electrons. The first-order valence-electron chi connectivity index (χ1n) is 7.90. The summed E-state index contributed by atoms with van der Waals surface area (Å²) in [7, 11) is 0. The highest BCUT2D eigenvalue weighted by Crippen LogP contribution is 2.30. The lowest BCUT2D eigenvalue weighted by molar-refractivity contribution is -0.138. The summed E-state index contributed by atoms with van der Waals surface area (Å²) in [4.78, 5) is 26.0. The summed E-state index contributed by atoms with van der Waals surface area (Å²) in [5, 5.41) is 2.91. The standard InChI is InChI=1S/C17H23N3O2/c1-12(21)19-15-7-4-8-20(11-15)16(22)17(18)9-13-5-2-3-6-14(13)10-17/h2-3,5-6,15H,4,7-11,18H2,1H3,(H,19,21). The van der Waals surface area contributed by atoms with E-state index in [0.29, 0.717) is 19.4 Å². The van der Waals surface area contributed by atoms with Crippen molar-refractivity contribution < 1.29 is 9.59 Å². The molecular weight excluding hydrogens is 278 g/mol. The van der Waals surface area contributed by atoms with E-state index in [1.807, 2.05) is 29.2 Å². The zero-order valence-electron chi connectivity index (χ0n) is 13.0. The van der Waals surface area contributed by atoms with Gasteiger partial charge in [0, 0.05) is 26.1 Å². The molecular formula is C17H23N3O2. The fourth-order valence-electron chi connectivity index (χ4n) is 3.68. The van der Waals surface area contributed by atoms with E-state index in [9.17, 15) is 9.59 Å². The number of fused-ring (bicyclic) bond motifs is 1. The average Bonchev–Trinajstić information content (AvgIpc) is 2.83. The smallest absolute Gasteiger partial charge is 0.243 e. The van der Waals surface area contributed by atoms with Crippen LogP contribution in [0, 0.1) is 0 Å². The van der Waals surface area contributed by atoms with Crippen LogP contribution in [0.5, 0.6) is 0 Å². The molecule has 1 aromatic carbocycles. The van der Waals surface area contributed by atoms with Crippen molar-refractivity contribution in [1.82, 2.24) is 10.2 Å². The monoisotopic (exact) mass is 301 g/mol. The van der Waals surface area contributed by atoms with Crippen molar-refractivity contribution in [3.63, 3.8) is 0 Å². The van der Waals surface area contributed by atoms with Gasteiger partial charge in [-0.1, -0.05) is 24.3 Å². The van der Waals surface area contributed by atoms with E-state index >= 15 is 0 Å². The van der Waals surface area contributed by atoms with Gasteiger partial charge in [-0.2, -0.15) is 0 Å². The summed E-state index contributed by atoms with van der Waals surface area (Å²) in [6.45, 7) is 2.80. The first-order chi connectivity index (χ1) is 10.5. The summed E-state index contributed by atoms with van der Waals surface area (Å²) >= 11 is 0. The number of amides is 2. The molecule has 0 spiro atoms. The number of nitrogens with zero attached hydrogens (tertiary/aromatic N) is 1. The summed E-state index contributed by atoms with van der Waals surface area (Å²) < 4.78 is 0. The van der Waals surface area contributed by atoms with E-state index < -0.39 is 5.54 Å². The lowest BCUT2D eigenvalue weighted by atomic mass is 9.93. The first kappa shape index (κ1) is 15.0. The third-order valence-corrected chi connectivity index (χ3v) is 4.67. The number of carbonyl (C=O) groups is 2. The van der Waals surface area contributed by atoms with Gasteiger partial charge >= 0.3 is 0 Å². The van der Waals surface area contributed by atoms with Gasteiger partial charge in [-0.25, -0.2) is 0 Å². The molecule has 5 nitrogen and oxygen atoms in total. The number of piperidine rings is 1. The number of nitrogens with one attached hydrogen (secondary N) is 1. The molecule has 0 bridgehead atoms. The lowest BCUT2D eigenvalue weighted by Gasteiger charge is -2.37. The number of hydrogen-bond acceptors (Lipinski definition) is 3. The number of carbonyl (C=O) groups excluding carboxylic acids is 2. The quantitative estimate of drug-likeness (QED) is 0.840. The Bertz CT molecular complexity index is 574. The maximum absolute atomic E-state index is 12.9. The molecule has 1 saturated heterocycles. The zero-order chi connectivity index (χ0) is 15.7. The van der Waals surface area contributed by atoms with Gasteiger partial charge in [0.05, 0.1) is 0 Å². The fraction of sp³-hybridized carbons (Fsp3) is 0.529. The van der Waals surface area contributed by atoms with E-state index in [1.54, 1.807) is 0 Å². The molecule has 5 heteroatoms. The van der Waals surface area contributed by atoms with E-state index in [0.717, 1.165) is 19.4 Å². The minimum Gasteiger partial charge on any atom is -0.352 e. The molecule has 1 heterocycles. The third kappa shape index (κ3) is 2.86.